The summed E-state index contributed by atoms with van der Waals surface area (Å²) in [6.07, 6.45) is 7.39. The highest BCUT2D eigenvalue weighted by molar-refractivity contribution is 5.78. The summed E-state index contributed by atoms with van der Waals surface area (Å²) in [4.78, 5) is 11.7. The number of carbonyl (C=O) groups excluding carboxylic acids is 1. The van der Waals surface area contributed by atoms with Crippen LogP contribution >= 0.6 is 0 Å². The number of carbonyl (C=O) groups is 1. The monoisotopic (exact) mass is 240 g/mol. The van der Waals surface area contributed by atoms with Crippen molar-refractivity contribution < 1.29 is 4.79 Å². The Bertz CT molecular complexity index is 220. The molecule has 1 aliphatic rings. The van der Waals surface area contributed by atoms with Crippen molar-refractivity contribution in [1.82, 2.24) is 10.6 Å². The van der Waals surface area contributed by atoms with Gasteiger partial charge in [-0.1, -0.05) is 26.7 Å². The Hall–Kier alpha value is -0.570. The number of hydrogen-bond acceptors (Lipinski definition) is 2. The van der Waals surface area contributed by atoms with E-state index >= 15 is 0 Å². The van der Waals surface area contributed by atoms with Gasteiger partial charge in [0.2, 0.25) is 5.91 Å². The molecule has 0 bridgehead atoms. The van der Waals surface area contributed by atoms with E-state index in [1.807, 2.05) is 0 Å². The molecular weight excluding hydrogens is 212 g/mol. The summed E-state index contributed by atoms with van der Waals surface area (Å²) in [5.41, 5.74) is 0. The molecule has 3 nitrogen and oxygen atoms in total. The van der Waals surface area contributed by atoms with Gasteiger partial charge in [0.25, 0.3) is 0 Å². The fraction of sp³-hybridized carbons (Fsp3) is 0.929. The second kappa shape index (κ2) is 7.70. The zero-order valence-corrected chi connectivity index (χ0v) is 11.6. The molecule has 0 aliphatic heterocycles. The lowest BCUT2D eigenvalue weighted by Crippen LogP contribution is -2.43. The number of rotatable bonds is 7. The van der Waals surface area contributed by atoms with Gasteiger partial charge in [0.05, 0.1) is 6.54 Å². The Morgan fingerprint density at radius 3 is 2.35 bits per heavy atom. The van der Waals surface area contributed by atoms with Gasteiger partial charge in [-0.05, 0) is 38.5 Å². The highest BCUT2D eigenvalue weighted by Gasteiger charge is 2.21. The third-order valence-corrected chi connectivity index (χ3v) is 4.04. The van der Waals surface area contributed by atoms with Crippen LogP contribution in [0.3, 0.4) is 0 Å². The normalized spacial score (nSPS) is 18.6. The molecule has 0 heterocycles. The van der Waals surface area contributed by atoms with Gasteiger partial charge < -0.3 is 10.6 Å². The summed E-state index contributed by atoms with van der Waals surface area (Å²) >= 11 is 0. The van der Waals surface area contributed by atoms with Crippen LogP contribution in [0.15, 0.2) is 0 Å². The summed E-state index contributed by atoms with van der Waals surface area (Å²) in [5.74, 6) is 0.916. The van der Waals surface area contributed by atoms with Gasteiger partial charge in [-0.25, -0.2) is 0 Å². The van der Waals surface area contributed by atoms with Crippen molar-refractivity contribution in [2.45, 2.75) is 71.4 Å². The van der Waals surface area contributed by atoms with Gasteiger partial charge in [0.1, 0.15) is 0 Å². The molecule has 0 radical (unpaired) electrons. The van der Waals surface area contributed by atoms with E-state index in [4.69, 9.17) is 0 Å². The van der Waals surface area contributed by atoms with Crippen molar-refractivity contribution in [3.63, 3.8) is 0 Å². The van der Waals surface area contributed by atoms with E-state index in [1.54, 1.807) is 0 Å². The quantitative estimate of drug-likeness (QED) is 0.717. The molecule has 2 N–H and O–H groups in total. The molecular formula is C14H28N2O. The Morgan fingerprint density at radius 2 is 1.82 bits per heavy atom. The topological polar surface area (TPSA) is 41.1 Å². The van der Waals surface area contributed by atoms with Crippen molar-refractivity contribution >= 4 is 5.91 Å². The lowest BCUT2D eigenvalue weighted by Gasteiger charge is -2.21. The van der Waals surface area contributed by atoms with Crippen molar-refractivity contribution in [2.24, 2.45) is 5.92 Å². The van der Waals surface area contributed by atoms with E-state index in [1.165, 1.54) is 25.7 Å². The molecule has 1 atom stereocenters. The van der Waals surface area contributed by atoms with Crippen molar-refractivity contribution in [1.29, 1.82) is 0 Å². The predicted octanol–water partition coefficient (Wildman–Crippen LogP) is 2.46. The fourth-order valence-electron chi connectivity index (χ4n) is 2.65. The summed E-state index contributed by atoms with van der Waals surface area (Å²) < 4.78 is 0. The largest absolute Gasteiger partial charge is 0.352 e. The molecule has 1 saturated carbocycles. The minimum atomic E-state index is 0.142. The Kier molecular flexibility index (Phi) is 6.56. The van der Waals surface area contributed by atoms with Gasteiger partial charge in [0.15, 0.2) is 0 Å². The minimum absolute atomic E-state index is 0.142. The average Bonchev–Trinajstić information content (AvgIpc) is 2.86. The van der Waals surface area contributed by atoms with E-state index in [0.29, 0.717) is 18.6 Å². The SMILES string of the molecule is CCC(CC)NC(=O)CNC(C)C1CCCC1. The van der Waals surface area contributed by atoms with E-state index in [2.05, 4.69) is 31.4 Å². The summed E-state index contributed by atoms with van der Waals surface area (Å²) in [6.45, 7) is 6.90. The van der Waals surface area contributed by atoms with Crippen LogP contribution in [0.4, 0.5) is 0 Å². The maximum atomic E-state index is 11.7. The lowest BCUT2D eigenvalue weighted by atomic mass is 10.00. The molecule has 17 heavy (non-hydrogen) atoms. The van der Waals surface area contributed by atoms with Crippen LogP contribution in [-0.2, 0) is 4.79 Å². The van der Waals surface area contributed by atoms with Crippen LogP contribution in [0.5, 0.6) is 0 Å². The van der Waals surface area contributed by atoms with Crippen LogP contribution < -0.4 is 10.6 Å². The predicted molar refractivity (Wildman–Crippen MR) is 71.9 cm³/mol. The molecule has 3 heteroatoms. The maximum absolute atomic E-state index is 11.7. The van der Waals surface area contributed by atoms with Gasteiger partial charge in [-0.2, -0.15) is 0 Å². The van der Waals surface area contributed by atoms with Crippen LogP contribution in [0.1, 0.15) is 59.3 Å². The first kappa shape index (κ1) is 14.5. The van der Waals surface area contributed by atoms with Crippen molar-refractivity contribution in [3.8, 4) is 0 Å². The second-order valence-corrected chi connectivity index (χ2v) is 5.30. The average molecular weight is 240 g/mol. The third-order valence-electron chi connectivity index (χ3n) is 4.04. The zero-order valence-electron chi connectivity index (χ0n) is 11.6. The molecule has 1 unspecified atom stereocenters. The van der Waals surface area contributed by atoms with E-state index < -0.39 is 0 Å². The molecule has 1 aliphatic carbocycles. The van der Waals surface area contributed by atoms with Gasteiger partial charge >= 0.3 is 0 Å². The first-order valence-corrected chi connectivity index (χ1v) is 7.20. The summed E-state index contributed by atoms with van der Waals surface area (Å²) in [5, 5.41) is 6.43. The number of nitrogens with one attached hydrogen (secondary N) is 2. The molecule has 0 aromatic carbocycles. The number of amides is 1. The first-order valence-electron chi connectivity index (χ1n) is 7.20. The molecule has 100 valence electrons. The van der Waals surface area contributed by atoms with Crippen LogP contribution in [-0.4, -0.2) is 24.5 Å². The highest BCUT2D eigenvalue weighted by Crippen LogP contribution is 2.27. The summed E-state index contributed by atoms with van der Waals surface area (Å²) in [7, 11) is 0. The van der Waals surface area contributed by atoms with Crippen LogP contribution in [0.2, 0.25) is 0 Å². The van der Waals surface area contributed by atoms with E-state index in [-0.39, 0.29) is 5.91 Å². The van der Waals surface area contributed by atoms with Crippen molar-refractivity contribution in [3.05, 3.63) is 0 Å². The van der Waals surface area contributed by atoms with Crippen LogP contribution in [0, 0.1) is 5.92 Å². The molecule has 0 aromatic heterocycles. The number of hydrogen-bond donors (Lipinski definition) is 2. The molecule has 0 saturated heterocycles. The van der Waals surface area contributed by atoms with Gasteiger partial charge in [0, 0.05) is 12.1 Å². The zero-order chi connectivity index (χ0) is 12.7. The second-order valence-electron chi connectivity index (χ2n) is 5.30. The smallest absolute Gasteiger partial charge is 0.234 e. The molecule has 1 amide bonds. The lowest BCUT2D eigenvalue weighted by molar-refractivity contribution is -0.121. The minimum Gasteiger partial charge on any atom is -0.352 e. The third kappa shape index (κ3) is 5.07. The van der Waals surface area contributed by atoms with Crippen molar-refractivity contribution in [2.75, 3.05) is 6.54 Å². The Morgan fingerprint density at radius 1 is 1.24 bits per heavy atom. The van der Waals surface area contributed by atoms with Crippen LogP contribution in [0.25, 0.3) is 0 Å². The van der Waals surface area contributed by atoms with E-state index in [9.17, 15) is 4.79 Å². The molecule has 1 rings (SSSR count). The highest BCUT2D eigenvalue weighted by atomic mass is 16.1. The Balaban J connectivity index is 2.18. The first-order chi connectivity index (χ1) is 8.17. The van der Waals surface area contributed by atoms with E-state index in [0.717, 1.165) is 18.8 Å². The molecule has 0 spiro atoms. The molecule has 0 aromatic rings. The fourth-order valence-corrected chi connectivity index (χ4v) is 2.65. The Labute approximate surface area is 106 Å². The van der Waals surface area contributed by atoms with Gasteiger partial charge in [-0.3, -0.25) is 4.79 Å². The maximum Gasteiger partial charge on any atom is 0.234 e. The standard InChI is InChI=1S/C14H28N2O/c1-4-13(5-2)16-14(17)10-15-11(3)12-8-6-7-9-12/h11-13,15H,4-10H2,1-3H3,(H,16,17). The summed E-state index contributed by atoms with van der Waals surface area (Å²) in [6, 6.07) is 0.816. The molecule has 1 fully saturated rings. The van der Waals surface area contributed by atoms with Gasteiger partial charge in [-0.15, -0.1) is 0 Å².